The van der Waals surface area contributed by atoms with Gasteiger partial charge in [-0.25, -0.2) is 0 Å². The molecule has 0 bridgehead atoms. The van der Waals surface area contributed by atoms with Crippen molar-refractivity contribution in [1.82, 2.24) is 20.0 Å². The number of benzene rings is 1. The van der Waals surface area contributed by atoms with Crippen molar-refractivity contribution in [3.63, 3.8) is 0 Å². The van der Waals surface area contributed by atoms with Gasteiger partial charge in [0.25, 0.3) is 5.91 Å². The van der Waals surface area contributed by atoms with Gasteiger partial charge in [0.1, 0.15) is 5.75 Å². The average molecular weight is 453 g/mol. The molecule has 2 aliphatic rings. The van der Waals surface area contributed by atoms with Crippen molar-refractivity contribution in [3.05, 3.63) is 47.3 Å². The highest BCUT2D eigenvalue weighted by molar-refractivity contribution is 5.96. The number of piperidine rings is 1. The van der Waals surface area contributed by atoms with Crippen molar-refractivity contribution in [2.75, 3.05) is 26.2 Å². The van der Waals surface area contributed by atoms with Gasteiger partial charge in [-0.2, -0.15) is 5.10 Å². The minimum atomic E-state index is -0.0962. The number of para-hydroxylation sites is 1. The summed E-state index contributed by atoms with van der Waals surface area (Å²) in [5, 5.41) is 7.47. The maximum atomic E-state index is 13.1. The largest absolute Gasteiger partial charge is 0.493 e. The number of amides is 2. The van der Waals surface area contributed by atoms with Crippen molar-refractivity contribution < 1.29 is 14.3 Å². The van der Waals surface area contributed by atoms with Gasteiger partial charge in [0.15, 0.2) is 0 Å². The molecule has 0 radical (unpaired) electrons. The lowest BCUT2D eigenvalue weighted by molar-refractivity contribution is -0.134. The Morgan fingerprint density at radius 3 is 2.82 bits per heavy atom. The number of hydrogen-bond acceptors (Lipinski definition) is 4. The molecule has 3 heterocycles. The number of likely N-dealkylation sites (tertiary alicyclic amines) is 1. The van der Waals surface area contributed by atoms with Crippen molar-refractivity contribution in [2.45, 2.75) is 58.3 Å². The number of rotatable bonds is 3. The van der Waals surface area contributed by atoms with Crippen LogP contribution in [-0.2, 0) is 18.3 Å². The number of carbonyl (C=O) groups is 2. The summed E-state index contributed by atoms with van der Waals surface area (Å²) in [5.41, 5.74) is 2.77. The third-order valence-electron chi connectivity index (χ3n) is 7.32. The highest BCUT2D eigenvalue weighted by Crippen LogP contribution is 2.36. The lowest BCUT2D eigenvalue weighted by Crippen LogP contribution is -2.51. The van der Waals surface area contributed by atoms with Crippen LogP contribution >= 0.6 is 0 Å². The normalized spacial score (nSPS) is 22.0. The number of ether oxygens (including phenoxy) is 1. The van der Waals surface area contributed by atoms with Crippen LogP contribution in [0, 0.1) is 12.3 Å². The summed E-state index contributed by atoms with van der Waals surface area (Å²) in [5.74, 6) is 0.755. The number of nitrogens with one attached hydrogen (secondary N) is 1. The zero-order valence-electron chi connectivity index (χ0n) is 19.9. The maximum absolute atomic E-state index is 13.1. The summed E-state index contributed by atoms with van der Waals surface area (Å²) in [7, 11) is 1.93. The van der Waals surface area contributed by atoms with E-state index in [0.29, 0.717) is 30.9 Å². The molecule has 7 nitrogen and oxygen atoms in total. The third kappa shape index (κ3) is 5.57. The first kappa shape index (κ1) is 23.3. The van der Waals surface area contributed by atoms with Crippen LogP contribution in [0.5, 0.6) is 5.75 Å². The molecular weight excluding hydrogens is 416 g/mol. The molecule has 1 unspecified atom stereocenters. The Morgan fingerprint density at radius 2 is 2.00 bits per heavy atom. The number of aryl methyl sites for hydroxylation is 2. The molecule has 0 aliphatic carbocycles. The van der Waals surface area contributed by atoms with Crippen LogP contribution in [0.15, 0.2) is 30.5 Å². The van der Waals surface area contributed by atoms with Crippen molar-refractivity contribution >= 4 is 11.8 Å². The number of carbonyl (C=O) groups excluding carboxylic acids is 2. The second-order valence-corrected chi connectivity index (χ2v) is 9.64. The first-order chi connectivity index (χ1) is 16.0. The minimum absolute atomic E-state index is 0.0667. The molecule has 1 spiro atoms. The molecule has 2 aromatic rings. The van der Waals surface area contributed by atoms with E-state index in [1.807, 2.05) is 54.0 Å². The van der Waals surface area contributed by atoms with Gasteiger partial charge < -0.3 is 15.0 Å². The molecule has 2 aliphatic heterocycles. The summed E-state index contributed by atoms with van der Waals surface area (Å²) in [6, 6.07) is 7.45. The predicted octanol–water partition coefficient (Wildman–Crippen LogP) is 3.65. The molecule has 0 saturated carbocycles. The molecule has 4 rings (SSSR count). The van der Waals surface area contributed by atoms with Crippen LogP contribution in [0.1, 0.15) is 66.6 Å². The molecule has 1 fully saturated rings. The van der Waals surface area contributed by atoms with E-state index in [1.165, 1.54) is 0 Å². The van der Waals surface area contributed by atoms with Gasteiger partial charge in [-0.3, -0.25) is 14.3 Å². The monoisotopic (exact) mass is 452 g/mol. The lowest BCUT2D eigenvalue weighted by atomic mass is 9.75. The molecule has 1 atom stereocenters. The molecule has 1 N–H and O–H groups in total. The number of fused-ring (bicyclic) bond motifs is 1. The van der Waals surface area contributed by atoms with Crippen molar-refractivity contribution in [2.24, 2.45) is 12.5 Å². The molecule has 1 aromatic carbocycles. The first-order valence-electron chi connectivity index (χ1n) is 12.2. The second-order valence-electron chi connectivity index (χ2n) is 9.64. The minimum Gasteiger partial charge on any atom is -0.493 e. The second kappa shape index (κ2) is 10.4. The fraction of sp³-hybridized carbons (Fsp3) is 0.577. The average Bonchev–Trinajstić information content (AvgIpc) is 3.15. The molecule has 2 amide bonds. The summed E-state index contributed by atoms with van der Waals surface area (Å²) in [6.45, 7) is 4.77. The van der Waals surface area contributed by atoms with E-state index in [4.69, 9.17) is 4.74 Å². The zero-order valence-corrected chi connectivity index (χ0v) is 19.9. The molecule has 1 aromatic heterocycles. The quantitative estimate of drug-likeness (QED) is 0.771. The Morgan fingerprint density at radius 1 is 1.18 bits per heavy atom. The van der Waals surface area contributed by atoms with E-state index in [9.17, 15) is 9.59 Å². The Labute approximate surface area is 196 Å². The van der Waals surface area contributed by atoms with E-state index in [2.05, 4.69) is 10.4 Å². The Kier molecular flexibility index (Phi) is 7.36. The SMILES string of the molecule is Cc1c(CCC(=O)N2CCCC3(CCCCCOc4ccccc4C(=O)NC3)C2)cnn1C. The fourth-order valence-electron chi connectivity index (χ4n) is 5.15. The van der Waals surface area contributed by atoms with Crippen LogP contribution < -0.4 is 10.1 Å². The summed E-state index contributed by atoms with van der Waals surface area (Å²) in [4.78, 5) is 28.1. The molecule has 7 heteroatoms. The van der Waals surface area contributed by atoms with Gasteiger partial charge in [0.2, 0.25) is 5.91 Å². The van der Waals surface area contributed by atoms with Gasteiger partial charge >= 0.3 is 0 Å². The Hall–Kier alpha value is -2.83. The van der Waals surface area contributed by atoms with Crippen LogP contribution in [0.2, 0.25) is 0 Å². The smallest absolute Gasteiger partial charge is 0.255 e. The van der Waals surface area contributed by atoms with Crippen molar-refractivity contribution in [3.8, 4) is 5.75 Å². The van der Waals surface area contributed by atoms with E-state index < -0.39 is 0 Å². The van der Waals surface area contributed by atoms with Gasteiger partial charge in [-0.1, -0.05) is 25.0 Å². The van der Waals surface area contributed by atoms with Crippen molar-refractivity contribution in [1.29, 1.82) is 0 Å². The van der Waals surface area contributed by atoms with Gasteiger partial charge in [-0.15, -0.1) is 0 Å². The summed E-state index contributed by atoms with van der Waals surface area (Å²) in [6.07, 6.45) is 9.26. The first-order valence-corrected chi connectivity index (χ1v) is 12.2. The standard InChI is InChI=1S/C26H36N4O3/c1-20-21(17-28-29(20)2)11-12-24(31)30-15-8-14-26(19-30)13-6-3-7-16-33-23-10-5-4-9-22(23)25(32)27-18-26/h4-5,9-10,17H,3,6-8,11-16,18-19H2,1-2H3,(H,27,32). The predicted molar refractivity (Wildman–Crippen MR) is 127 cm³/mol. The fourth-order valence-corrected chi connectivity index (χ4v) is 5.15. The van der Waals surface area contributed by atoms with Gasteiger partial charge in [-0.05, 0) is 56.7 Å². The lowest BCUT2D eigenvalue weighted by Gasteiger charge is -2.43. The number of hydrogen-bond donors (Lipinski definition) is 1. The molecule has 33 heavy (non-hydrogen) atoms. The Bertz CT molecular complexity index is 986. The van der Waals surface area contributed by atoms with E-state index >= 15 is 0 Å². The number of nitrogens with zero attached hydrogens (tertiary/aromatic N) is 3. The van der Waals surface area contributed by atoms with Gasteiger partial charge in [0, 0.05) is 44.2 Å². The van der Waals surface area contributed by atoms with E-state index in [1.54, 1.807) is 0 Å². The summed E-state index contributed by atoms with van der Waals surface area (Å²) < 4.78 is 7.72. The summed E-state index contributed by atoms with van der Waals surface area (Å²) >= 11 is 0. The Balaban J connectivity index is 1.43. The van der Waals surface area contributed by atoms with Crippen LogP contribution in [0.25, 0.3) is 0 Å². The maximum Gasteiger partial charge on any atom is 0.255 e. The highest BCUT2D eigenvalue weighted by atomic mass is 16.5. The third-order valence-corrected chi connectivity index (χ3v) is 7.32. The van der Waals surface area contributed by atoms with Crippen LogP contribution in [0.3, 0.4) is 0 Å². The molecular formula is C26H36N4O3. The highest BCUT2D eigenvalue weighted by Gasteiger charge is 2.37. The number of aromatic nitrogens is 2. The van der Waals surface area contributed by atoms with Gasteiger partial charge in [0.05, 0.1) is 18.4 Å². The van der Waals surface area contributed by atoms with E-state index in [0.717, 1.165) is 69.3 Å². The molecule has 178 valence electrons. The molecule has 1 saturated heterocycles. The topological polar surface area (TPSA) is 76.5 Å². The zero-order chi connectivity index (χ0) is 23.3. The van der Waals surface area contributed by atoms with E-state index in [-0.39, 0.29) is 17.2 Å². The van der Waals surface area contributed by atoms with Crippen LogP contribution in [-0.4, -0.2) is 52.7 Å². The van der Waals surface area contributed by atoms with Crippen LogP contribution in [0.4, 0.5) is 0 Å².